The molecule has 3 aromatic rings. The van der Waals surface area contributed by atoms with Crippen LogP contribution in [0.3, 0.4) is 0 Å². The number of aryl methyl sites for hydroxylation is 1. The Labute approximate surface area is 186 Å². The van der Waals surface area contributed by atoms with Crippen molar-refractivity contribution in [2.75, 3.05) is 13.1 Å². The van der Waals surface area contributed by atoms with Crippen molar-refractivity contribution in [3.05, 3.63) is 81.1 Å². The van der Waals surface area contributed by atoms with E-state index in [0.717, 1.165) is 28.2 Å². The molecule has 0 unspecified atom stereocenters. The first-order valence-corrected chi connectivity index (χ1v) is 10.6. The van der Waals surface area contributed by atoms with Gasteiger partial charge in [-0.1, -0.05) is 23.7 Å². The van der Waals surface area contributed by atoms with E-state index >= 15 is 0 Å². The lowest BCUT2D eigenvalue weighted by molar-refractivity contribution is 0.0765. The highest BCUT2D eigenvalue weighted by atomic mass is 35.5. The number of likely N-dealkylation sites (tertiary alicyclic amines) is 1. The number of hydrogen-bond donors (Lipinski definition) is 1. The number of nitrogens with zero attached hydrogens (tertiary/aromatic N) is 4. The number of carbonyl (C=O) groups is 1. The van der Waals surface area contributed by atoms with E-state index in [-0.39, 0.29) is 5.91 Å². The van der Waals surface area contributed by atoms with Gasteiger partial charge in [0, 0.05) is 36.3 Å². The summed E-state index contributed by atoms with van der Waals surface area (Å²) in [6, 6.07) is 15.0. The fourth-order valence-electron chi connectivity index (χ4n) is 3.99. The number of aromatic nitrogens is 2. The zero-order valence-corrected chi connectivity index (χ0v) is 18.2. The first kappa shape index (κ1) is 21.1. The third-order valence-electron chi connectivity index (χ3n) is 5.79. The van der Waals surface area contributed by atoms with E-state index in [4.69, 9.17) is 16.9 Å². The molecule has 1 saturated heterocycles. The van der Waals surface area contributed by atoms with Crippen LogP contribution in [-0.2, 0) is 6.42 Å². The van der Waals surface area contributed by atoms with Gasteiger partial charge in [0.25, 0.3) is 5.91 Å². The Morgan fingerprint density at radius 3 is 2.61 bits per heavy atom. The highest BCUT2D eigenvalue weighted by Crippen LogP contribution is 2.25. The molecule has 2 aromatic carbocycles. The van der Waals surface area contributed by atoms with Crippen LogP contribution in [0.1, 0.15) is 44.9 Å². The Balaban J connectivity index is 1.54. The Morgan fingerprint density at radius 1 is 1.26 bits per heavy atom. The molecule has 1 amide bonds. The van der Waals surface area contributed by atoms with E-state index in [1.165, 1.54) is 0 Å². The Bertz CT molecular complexity index is 1180. The molecule has 2 heterocycles. The summed E-state index contributed by atoms with van der Waals surface area (Å²) in [5.41, 5.74) is 6.00. The maximum atomic E-state index is 12.6. The number of halogens is 1. The van der Waals surface area contributed by atoms with Crippen molar-refractivity contribution in [1.29, 1.82) is 5.26 Å². The number of hydrogen-bond acceptors (Lipinski definition) is 4. The molecular weight excluding hydrogens is 412 g/mol. The van der Waals surface area contributed by atoms with Gasteiger partial charge in [-0.05, 0) is 56.2 Å². The maximum absolute atomic E-state index is 12.6. The minimum atomic E-state index is -0.420. The minimum Gasteiger partial charge on any atom is -0.391 e. The standard InChI is InChI=1S/C24H23ClN4O2/c1-15-22(16(2)29(27-15)20-8-7-19(13-26)23(25)12-20)11-17-3-5-18(6-4-17)24(31)28-10-9-21(30)14-28/h3-8,12,21,30H,9-11,14H2,1-2H3/t21-/m0/s1. The molecule has 1 aromatic heterocycles. The number of nitriles is 1. The minimum absolute atomic E-state index is 0.0408. The molecule has 0 saturated carbocycles. The number of carbonyl (C=O) groups excluding carboxylic acids is 1. The molecule has 1 fully saturated rings. The number of β-amino-alcohol motifs (C(OH)–C–C–N with tert-alkyl or cyclic N) is 1. The van der Waals surface area contributed by atoms with Crippen molar-refractivity contribution in [2.24, 2.45) is 0 Å². The van der Waals surface area contributed by atoms with Crippen molar-refractivity contribution >= 4 is 17.5 Å². The highest BCUT2D eigenvalue weighted by molar-refractivity contribution is 6.31. The summed E-state index contributed by atoms with van der Waals surface area (Å²) in [4.78, 5) is 14.3. The molecule has 1 aliphatic heterocycles. The average Bonchev–Trinajstić information content (AvgIpc) is 3.32. The summed E-state index contributed by atoms with van der Waals surface area (Å²) in [5.74, 6) is -0.0408. The zero-order chi connectivity index (χ0) is 22.1. The SMILES string of the molecule is Cc1nn(-c2ccc(C#N)c(Cl)c2)c(C)c1Cc1ccc(C(=O)N2CC[C@H](O)C2)cc1. The quantitative estimate of drug-likeness (QED) is 0.676. The number of amides is 1. The first-order chi connectivity index (χ1) is 14.9. The largest absolute Gasteiger partial charge is 0.391 e. The first-order valence-electron chi connectivity index (χ1n) is 10.2. The van der Waals surface area contributed by atoms with Crippen molar-refractivity contribution in [3.63, 3.8) is 0 Å². The normalized spacial score (nSPS) is 15.8. The molecule has 0 bridgehead atoms. The predicted octanol–water partition coefficient (Wildman–Crippen LogP) is 3.81. The van der Waals surface area contributed by atoms with Crippen molar-refractivity contribution in [3.8, 4) is 11.8 Å². The van der Waals surface area contributed by atoms with Crippen LogP contribution < -0.4 is 0 Å². The molecule has 4 rings (SSSR count). The smallest absolute Gasteiger partial charge is 0.253 e. The van der Waals surface area contributed by atoms with Crippen LogP contribution in [0.25, 0.3) is 5.69 Å². The number of benzene rings is 2. The highest BCUT2D eigenvalue weighted by Gasteiger charge is 2.25. The summed E-state index contributed by atoms with van der Waals surface area (Å²) >= 11 is 6.20. The maximum Gasteiger partial charge on any atom is 0.253 e. The van der Waals surface area contributed by atoms with Gasteiger partial charge in [-0.3, -0.25) is 4.79 Å². The van der Waals surface area contributed by atoms with Gasteiger partial charge in [0.05, 0.1) is 28.1 Å². The molecular formula is C24H23ClN4O2. The van der Waals surface area contributed by atoms with E-state index in [9.17, 15) is 9.90 Å². The van der Waals surface area contributed by atoms with Crippen molar-refractivity contribution in [2.45, 2.75) is 32.8 Å². The second-order valence-electron chi connectivity index (χ2n) is 7.90. The van der Waals surface area contributed by atoms with Crippen molar-refractivity contribution < 1.29 is 9.90 Å². The Kier molecular flexibility index (Phi) is 5.81. The zero-order valence-electron chi connectivity index (χ0n) is 17.5. The molecule has 158 valence electrons. The summed E-state index contributed by atoms with van der Waals surface area (Å²) in [6.45, 7) is 4.98. The molecule has 7 heteroatoms. The molecule has 0 spiro atoms. The van der Waals surface area contributed by atoms with Gasteiger partial charge in [-0.15, -0.1) is 0 Å². The summed E-state index contributed by atoms with van der Waals surface area (Å²) < 4.78 is 1.84. The molecule has 6 nitrogen and oxygen atoms in total. The van der Waals surface area contributed by atoms with Crippen LogP contribution in [-0.4, -0.2) is 44.9 Å². The van der Waals surface area contributed by atoms with E-state index in [0.29, 0.717) is 42.1 Å². The van der Waals surface area contributed by atoms with Crippen LogP contribution in [0.5, 0.6) is 0 Å². The van der Waals surface area contributed by atoms with Gasteiger partial charge >= 0.3 is 0 Å². The molecule has 31 heavy (non-hydrogen) atoms. The lowest BCUT2D eigenvalue weighted by Gasteiger charge is -2.15. The predicted molar refractivity (Wildman–Crippen MR) is 119 cm³/mol. The lowest BCUT2D eigenvalue weighted by Crippen LogP contribution is -2.29. The average molecular weight is 435 g/mol. The number of aliphatic hydroxyl groups is 1. The van der Waals surface area contributed by atoms with E-state index in [2.05, 4.69) is 11.2 Å². The monoisotopic (exact) mass is 434 g/mol. The molecule has 0 radical (unpaired) electrons. The third kappa shape index (κ3) is 4.20. The van der Waals surface area contributed by atoms with Gasteiger partial charge in [-0.2, -0.15) is 10.4 Å². The van der Waals surface area contributed by atoms with E-state index in [1.54, 1.807) is 17.0 Å². The van der Waals surface area contributed by atoms with Crippen molar-refractivity contribution in [1.82, 2.24) is 14.7 Å². The molecule has 1 N–H and O–H groups in total. The summed E-state index contributed by atoms with van der Waals surface area (Å²) in [5, 5.41) is 23.8. The lowest BCUT2D eigenvalue weighted by atomic mass is 10.0. The van der Waals surface area contributed by atoms with Crippen LogP contribution >= 0.6 is 11.6 Å². The van der Waals surface area contributed by atoms with Crippen LogP contribution in [0.2, 0.25) is 5.02 Å². The summed E-state index contributed by atoms with van der Waals surface area (Å²) in [6.07, 6.45) is 0.909. The van der Waals surface area contributed by atoms with Crippen LogP contribution in [0, 0.1) is 25.2 Å². The second-order valence-corrected chi connectivity index (χ2v) is 8.31. The summed E-state index contributed by atoms with van der Waals surface area (Å²) in [7, 11) is 0. The Morgan fingerprint density at radius 2 is 2.00 bits per heavy atom. The van der Waals surface area contributed by atoms with Gasteiger partial charge in [0.2, 0.25) is 0 Å². The third-order valence-corrected chi connectivity index (χ3v) is 6.10. The molecule has 0 aliphatic carbocycles. The van der Waals surface area contributed by atoms with Gasteiger partial charge in [0.15, 0.2) is 0 Å². The Hall–Kier alpha value is -3.14. The fraction of sp³-hybridized carbons (Fsp3) is 0.292. The van der Waals surface area contributed by atoms with Crippen LogP contribution in [0.4, 0.5) is 0 Å². The van der Waals surface area contributed by atoms with Gasteiger partial charge in [-0.25, -0.2) is 4.68 Å². The van der Waals surface area contributed by atoms with Gasteiger partial charge < -0.3 is 10.0 Å². The molecule has 1 atom stereocenters. The van der Waals surface area contributed by atoms with E-state index < -0.39 is 6.10 Å². The molecule has 1 aliphatic rings. The number of aliphatic hydroxyl groups excluding tert-OH is 1. The topological polar surface area (TPSA) is 82.2 Å². The van der Waals surface area contributed by atoms with E-state index in [1.807, 2.05) is 48.9 Å². The number of rotatable bonds is 4. The second kappa shape index (κ2) is 8.54. The fourth-order valence-corrected chi connectivity index (χ4v) is 4.20. The van der Waals surface area contributed by atoms with Crippen LogP contribution in [0.15, 0.2) is 42.5 Å². The van der Waals surface area contributed by atoms with Gasteiger partial charge in [0.1, 0.15) is 6.07 Å².